The first kappa shape index (κ1) is 12.4. The van der Waals surface area contributed by atoms with Crippen LogP contribution in [0, 0.1) is 11.7 Å². The van der Waals surface area contributed by atoms with Crippen molar-refractivity contribution in [2.24, 2.45) is 11.7 Å². The first-order valence-corrected chi connectivity index (χ1v) is 6.38. The molecule has 1 aliphatic rings. The van der Waals surface area contributed by atoms with Gasteiger partial charge in [0.2, 0.25) is 0 Å². The Bertz CT molecular complexity index is 382. The topological polar surface area (TPSA) is 29.3 Å². The summed E-state index contributed by atoms with van der Waals surface area (Å²) >= 11 is 0. The molecule has 1 aliphatic heterocycles. The molecule has 0 radical (unpaired) electrons. The van der Waals surface area contributed by atoms with Gasteiger partial charge in [0.1, 0.15) is 5.82 Å². The van der Waals surface area contributed by atoms with Crippen LogP contribution in [0.15, 0.2) is 18.2 Å². The van der Waals surface area contributed by atoms with Gasteiger partial charge in [-0.15, -0.1) is 0 Å². The highest BCUT2D eigenvalue weighted by Gasteiger charge is 2.22. The molecular formula is C14H21FN2. The van der Waals surface area contributed by atoms with E-state index in [2.05, 4.69) is 11.8 Å². The summed E-state index contributed by atoms with van der Waals surface area (Å²) in [6.07, 6.45) is 2.26. The fourth-order valence-electron chi connectivity index (χ4n) is 2.47. The van der Waals surface area contributed by atoms with Gasteiger partial charge in [0.15, 0.2) is 0 Å². The van der Waals surface area contributed by atoms with E-state index in [4.69, 9.17) is 5.73 Å². The molecule has 1 atom stereocenters. The molecule has 0 saturated carbocycles. The summed E-state index contributed by atoms with van der Waals surface area (Å²) in [5, 5.41) is 0. The van der Waals surface area contributed by atoms with E-state index >= 15 is 0 Å². The molecule has 94 valence electrons. The minimum absolute atomic E-state index is 0.125. The van der Waals surface area contributed by atoms with Gasteiger partial charge in [-0.3, -0.25) is 0 Å². The molecule has 2 N–H and O–H groups in total. The smallest absolute Gasteiger partial charge is 0.146 e. The van der Waals surface area contributed by atoms with Gasteiger partial charge in [-0.2, -0.15) is 0 Å². The first-order chi connectivity index (χ1) is 8.09. The highest BCUT2D eigenvalue weighted by molar-refractivity contribution is 5.56. The molecule has 1 aromatic rings. The van der Waals surface area contributed by atoms with Crippen LogP contribution in [0.1, 0.15) is 38.3 Å². The zero-order valence-corrected chi connectivity index (χ0v) is 10.6. The van der Waals surface area contributed by atoms with Crippen LogP contribution in [0.25, 0.3) is 0 Å². The van der Waals surface area contributed by atoms with Crippen LogP contribution in [-0.2, 0) is 0 Å². The molecule has 2 nitrogen and oxygen atoms in total. The van der Waals surface area contributed by atoms with Crippen LogP contribution in [-0.4, -0.2) is 13.1 Å². The maximum Gasteiger partial charge on any atom is 0.146 e. The SMILES string of the molecule is CC1CCN(c2c(F)cccc2[C@@H](C)N)CC1. The molecule has 1 saturated heterocycles. The number of halogens is 1. The molecule has 0 spiro atoms. The molecule has 1 aromatic carbocycles. The number of hydrogen-bond acceptors (Lipinski definition) is 2. The summed E-state index contributed by atoms with van der Waals surface area (Å²) in [5.74, 6) is 0.603. The summed E-state index contributed by atoms with van der Waals surface area (Å²) < 4.78 is 14.0. The van der Waals surface area contributed by atoms with E-state index in [1.807, 2.05) is 13.0 Å². The molecule has 0 unspecified atom stereocenters. The molecular weight excluding hydrogens is 215 g/mol. The number of benzene rings is 1. The summed E-state index contributed by atoms with van der Waals surface area (Å²) in [6, 6.07) is 5.07. The Kier molecular flexibility index (Phi) is 3.67. The Hall–Kier alpha value is -1.09. The third kappa shape index (κ3) is 2.60. The zero-order valence-electron chi connectivity index (χ0n) is 10.6. The normalized spacial score (nSPS) is 19.4. The molecule has 0 aliphatic carbocycles. The Morgan fingerprint density at radius 2 is 2.00 bits per heavy atom. The third-order valence-corrected chi connectivity index (χ3v) is 3.61. The quantitative estimate of drug-likeness (QED) is 0.855. The molecule has 0 amide bonds. The summed E-state index contributed by atoms with van der Waals surface area (Å²) in [6.45, 7) is 6.03. The number of piperidine rings is 1. The molecule has 3 heteroatoms. The van der Waals surface area contributed by atoms with Crippen molar-refractivity contribution in [3.63, 3.8) is 0 Å². The van der Waals surface area contributed by atoms with Crippen molar-refractivity contribution in [3.8, 4) is 0 Å². The second-order valence-electron chi connectivity index (χ2n) is 5.14. The number of hydrogen-bond donors (Lipinski definition) is 1. The predicted molar refractivity (Wildman–Crippen MR) is 69.6 cm³/mol. The van der Waals surface area contributed by atoms with Gasteiger partial charge in [-0.05, 0) is 37.3 Å². The van der Waals surface area contributed by atoms with E-state index in [1.54, 1.807) is 6.07 Å². The first-order valence-electron chi connectivity index (χ1n) is 6.38. The second kappa shape index (κ2) is 5.05. The summed E-state index contributed by atoms with van der Waals surface area (Å²) in [5.41, 5.74) is 7.56. The predicted octanol–water partition coefficient (Wildman–Crippen LogP) is 3.08. The van der Waals surface area contributed by atoms with Gasteiger partial charge in [-0.1, -0.05) is 19.1 Å². The maximum absolute atomic E-state index is 14.0. The van der Waals surface area contributed by atoms with Gasteiger partial charge >= 0.3 is 0 Å². The van der Waals surface area contributed by atoms with Crippen molar-refractivity contribution in [2.45, 2.75) is 32.7 Å². The van der Waals surface area contributed by atoms with Crippen LogP contribution < -0.4 is 10.6 Å². The van der Waals surface area contributed by atoms with Gasteiger partial charge < -0.3 is 10.6 Å². The van der Waals surface area contributed by atoms with Crippen LogP contribution >= 0.6 is 0 Å². The Labute approximate surface area is 103 Å². The minimum Gasteiger partial charge on any atom is -0.369 e. The van der Waals surface area contributed by atoms with Crippen LogP contribution in [0.4, 0.5) is 10.1 Å². The van der Waals surface area contributed by atoms with Crippen molar-refractivity contribution >= 4 is 5.69 Å². The zero-order chi connectivity index (χ0) is 12.4. The molecule has 0 aromatic heterocycles. The highest BCUT2D eigenvalue weighted by atomic mass is 19.1. The van der Waals surface area contributed by atoms with Gasteiger partial charge in [0.25, 0.3) is 0 Å². The molecule has 17 heavy (non-hydrogen) atoms. The van der Waals surface area contributed by atoms with Gasteiger partial charge in [0, 0.05) is 19.1 Å². The standard InChI is InChI=1S/C14H21FN2/c1-10-6-8-17(9-7-10)14-12(11(2)16)4-3-5-13(14)15/h3-5,10-11H,6-9,16H2,1-2H3/t11-/m1/s1. The largest absolute Gasteiger partial charge is 0.369 e. The fraction of sp³-hybridized carbons (Fsp3) is 0.571. The van der Waals surface area contributed by atoms with E-state index in [9.17, 15) is 4.39 Å². The lowest BCUT2D eigenvalue weighted by Crippen LogP contribution is -2.34. The summed E-state index contributed by atoms with van der Waals surface area (Å²) in [4.78, 5) is 2.15. The van der Waals surface area contributed by atoms with Crippen molar-refractivity contribution in [3.05, 3.63) is 29.6 Å². The molecule has 1 fully saturated rings. The Morgan fingerprint density at radius 1 is 1.35 bits per heavy atom. The lowest BCUT2D eigenvalue weighted by molar-refractivity contribution is 0.433. The van der Waals surface area contributed by atoms with Crippen molar-refractivity contribution in [2.75, 3.05) is 18.0 Å². The Morgan fingerprint density at radius 3 is 2.59 bits per heavy atom. The second-order valence-corrected chi connectivity index (χ2v) is 5.14. The van der Waals surface area contributed by atoms with Crippen molar-refractivity contribution < 1.29 is 4.39 Å². The van der Waals surface area contributed by atoms with E-state index < -0.39 is 0 Å². The molecule has 0 bridgehead atoms. The number of nitrogens with zero attached hydrogens (tertiary/aromatic N) is 1. The van der Waals surface area contributed by atoms with Crippen LogP contribution in [0.5, 0.6) is 0 Å². The van der Waals surface area contributed by atoms with E-state index in [0.717, 1.165) is 43.1 Å². The maximum atomic E-state index is 14.0. The number of anilines is 1. The van der Waals surface area contributed by atoms with Crippen LogP contribution in [0.3, 0.4) is 0 Å². The molecule has 2 rings (SSSR count). The lowest BCUT2D eigenvalue weighted by Gasteiger charge is -2.34. The highest BCUT2D eigenvalue weighted by Crippen LogP contribution is 2.31. The van der Waals surface area contributed by atoms with Crippen LogP contribution in [0.2, 0.25) is 0 Å². The monoisotopic (exact) mass is 236 g/mol. The van der Waals surface area contributed by atoms with E-state index in [0.29, 0.717) is 0 Å². The van der Waals surface area contributed by atoms with Crippen molar-refractivity contribution in [1.29, 1.82) is 0 Å². The number of para-hydroxylation sites is 1. The fourth-order valence-corrected chi connectivity index (χ4v) is 2.47. The summed E-state index contributed by atoms with van der Waals surface area (Å²) in [7, 11) is 0. The van der Waals surface area contributed by atoms with E-state index in [1.165, 1.54) is 6.07 Å². The number of rotatable bonds is 2. The Balaban J connectivity index is 2.30. The van der Waals surface area contributed by atoms with Gasteiger partial charge in [-0.25, -0.2) is 4.39 Å². The molecule has 1 heterocycles. The number of nitrogens with two attached hydrogens (primary N) is 1. The average molecular weight is 236 g/mol. The van der Waals surface area contributed by atoms with E-state index in [-0.39, 0.29) is 11.9 Å². The minimum atomic E-state index is -0.144. The average Bonchev–Trinajstić information content (AvgIpc) is 2.30. The lowest BCUT2D eigenvalue weighted by atomic mass is 9.97. The van der Waals surface area contributed by atoms with Gasteiger partial charge in [0.05, 0.1) is 5.69 Å². The van der Waals surface area contributed by atoms with Crippen molar-refractivity contribution in [1.82, 2.24) is 0 Å². The third-order valence-electron chi connectivity index (χ3n) is 3.61.